The van der Waals surface area contributed by atoms with Crippen LogP contribution in [0.5, 0.6) is 0 Å². The summed E-state index contributed by atoms with van der Waals surface area (Å²) in [5.74, 6) is 0.419. The third-order valence-electron chi connectivity index (χ3n) is 2.42. The van der Waals surface area contributed by atoms with Crippen molar-refractivity contribution in [2.45, 2.75) is 38.1 Å². The van der Waals surface area contributed by atoms with E-state index in [2.05, 4.69) is 15.2 Å². The molecule has 0 unspecified atom stereocenters. The first-order valence-corrected chi connectivity index (χ1v) is 8.80. The lowest BCUT2D eigenvalue weighted by Gasteiger charge is -2.19. The Morgan fingerprint density at radius 3 is 2.55 bits per heavy atom. The lowest BCUT2D eigenvalue weighted by atomic mass is 10.1. The SMILES string of the molecule is Cc1cc(NC(=O)c2cc(S(=O)(=O)NC(C)(C)C)cs2)no1. The van der Waals surface area contributed by atoms with Crippen LogP contribution in [0.4, 0.5) is 5.82 Å². The quantitative estimate of drug-likeness (QED) is 0.887. The van der Waals surface area contributed by atoms with E-state index in [-0.39, 0.29) is 15.6 Å². The van der Waals surface area contributed by atoms with Crippen molar-refractivity contribution in [3.8, 4) is 0 Å². The summed E-state index contributed by atoms with van der Waals surface area (Å²) in [6.07, 6.45) is 0. The lowest BCUT2D eigenvalue weighted by Crippen LogP contribution is -2.40. The smallest absolute Gasteiger partial charge is 0.267 e. The molecule has 0 aliphatic heterocycles. The van der Waals surface area contributed by atoms with Gasteiger partial charge in [0.2, 0.25) is 10.0 Å². The number of anilines is 1. The molecule has 1 amide bonds. The second kappa shape index (κ2) is 5.82. The molecule has 2 heterocycles. The van der Waals surface area contributed by atoms with Gasteiger partial charge in [-0.3, -0.25) is 4.79 Å². The molecule has 2 aromatic heterocycles. The summed E-state index contributed by atoms with van der Waals surface area (Å²) in [6, 6.07) is 2.91. The molecule has 2 aromatic rings. The van der Waals surface area contributed by atoms with Crippen LogP contribution in [0.1, 0.15) is 36.2 Å². The number of carbonyl (C=O) groups excluding carboxylic acids is 1. The molecule has 0 aromatic carbocycles. The van der Waals surface area contributed by atoms with Gasteiger partial charge in [0, 0.05) is 17.0 Å². The van der Waals surface area contributed by atoms with Gasteiger partial charge < -0.3 is 9.84 Å². The molecular formula is C13H17N3O4S2. The van der Waals surface area contributed by atoms with Crippen LogP contribution in [-0.2, 0) is 10.0 Å². The molecule has 0 aliphatic rings. The second-order valence-corrected chi connectivity index (χ2v) is 8.37. The Kier molecular flexibility index (Phi) is 4.41. The minimum atomic E-state index is -3.65. The molecular weight excluding hydrogens is 326 g/mol. The number of nitrogens with zero attached hydrogens (tertiary/aromatic N) is 1. The van der Waals surface area contributed by atoms with Gasteiger partial charge in [-0.15, -0.1) is 11.3 Å². The minimum absolute atomic E-state index is 0.0638. The van der Waals surface area contributed by atoms with Crippen LogP contribution in [0.3, 0.4) is 0 Å². The highest BCUT2D eigenvalue weighted by Crippen LogP contribution is 2.22. The average Bonchev–Trinajstić information content (AvgIpc) is 2.95. The molecule has 0 spiro atoms. The number of aryl methyl sites for hydroxylation is 1. The van der Waals surface area contributed by atoms with Crippen molar-refractivity contribution in [3.05, 3.63) is 28.2 Å². The molecule has 0 saturated heterocycles. The van der Waals surface area contributed by atoms with Gasteiger partial charge in [0.25, 0.3) is 5.91 Å². The highest BCUT2D eigenvalue weighted by Gasteiger charge is 2.24. The molecule has 2 rings (SSSR count). The number of amides is 1. The van der Waals surface area contributed by atoms with Crippen LogP contribution in [0.15, 0.2) is 26.9 Å². The summed E-state index contributed by atoms with van der Waals surface area (Å²) in [6.45, 7) is 6.95. The van der Waals surface area contributed by atoms with Crippen molar-refractivity contribution >= 4 is 33.1 Å². The molecule has 22 heavy (non-hydrogen) atoms. The molecule has 0 bridgehead atoms. The topological polar surface area (TPSA) is 101 Å². The van der Waals surface area contributed by atoms with Gasteiger partial charge in [0.1, 0.15) is 5.76 Å². The van der Waals surface area contributed by atoms with Gasteiger partial charge in [-0.05, 0) is 33.8 Å². The van der Waals surface area contributed by atoms with Crippen LogP contribution in [0.25, 0.3) is 0 Å². The third-order valence-corrected chi connectivity index (χ3v) is 5.24. The highest BCUT2D eigenvalue weighted by molar-refractivity contribution is 7.89. The van der Waals surface area contributed by atoms with Gasteiger partial charge in [0.15, 0.2) is 5.82 Å². The molecule has 0 atom stereocenters. The fourth-order valence-electron chi connectivity index (χ4n) is 1.64. The third kappa shape index (κ3) is 4.15. The van der Waals surface area contributed by atoms with Crippen molar-refractivity contribution in [1.82, 2.24) is 9.88 Å². The first-order valence-electron chi connectivity index (χ1n) is 6.44. The first kappa shape index (κ1) is 16.7. The second-order valence-electron chi connectivity index (χ2n) is 5.78. The molecule has 0 fully saturated rings. The van der Waals surface area contributed by atoms with E-state index in [0.717, 1.165) is 11.3 Å². The normalized spacial score (nSPS) is 12.4. The van der Waals surface area contributed by atoms with Crippen LogP contribution in [-0.4, -0.2) is 25.0 Å². The monoisotopic (exact) mass is 343 g/mol. The molecule has 0 saturated carbocycles. The van der Waals surface area contributed by atoms with Gasteiger partial charge in [0.05, 0.1) is 9.77 Å². The Morgan fingerprint density at radius 1 is 1.32 bits per heavy atom. The van der Waals surface area contributed by atoms with E-state index in [1.807, 2.05) is 0 Å². The van der Waals surface area contributed by atoms with Crippen LogP contribution in [0, 0.1) is 6.92 Å². The van der Waals surface area contributed by atoms with E-state index in [0.29, 0.717) is 5.76 Å². The molecule has 7 nitrogen and oxygen atoms in total. The van der Waals surface area contributed by atoms with Crippen molar-refractivity contribution in [2.24, 2.45) is 0 Å². The fourth-order valence-corrected chi connectivity index (χ4v) is 4.23. The Morgan fingerprint density at radius 2 is 2.00 bits per heavy atom. The average molecular weight is 343 g/mol. The standard InChI is InChI=1S/C13H17N3O4S2/c1-8-5-11(15-20-8)14-12(17)10-6-9(7-21-10)22(18,19)16-13(2,3)4/h5-7,16H,1-4H3,(H,14,15,17). The Labute approximate surface area is 132 Å². The summed E-state index contributed by atoms with van der Waals surface area (Å²) in [4.78, 5) is 12.4. The molecule has 0 radical (unpaired) electrons. The van der Waals surface area contributed by atoms with Gasteiger partial charge in [-0.25, -0.2) is 13.1 Å². The number of carbonyl (C=O) groups is 1. The number of aromatic nitrogens is 1. The zero-order valence-corrected chi connectivity index (χ0v) is 14.3. The van der Waals surface area contributed by atoms with E-state index in [4.69, 9.17) is 4.52 Å². The molecule has 120 valence electrons. The summed E-state index contributed by atoms with van der Waals surface area (Å²) < 4.78 is 31.7. The van der Waals surface area contributed by atoms with E-state index in [9.17, 15) is 13.2 Å². The number of sulfonamides is 1. The summed E-state index contributed by atoms with van der Waals surface area (Å²) >= 11 is 1.05. The van der Waals surface area contributed by atoms with Crippen molar-refractivity contribution in [3.63, 3.8) is 0 Å². The lowest BCUT2D eigenvalue weighted by molar-refractivity contribution is 0.102. The predicted octanol–water partition coefficient (Wildman–Crippen LogP) is 2.37. The van der Waals surface area contributed by atoms with Crippen LogP contribution >= 0.6 is 11.3 Å². The summed E-state index contributed by atoms with van der Waals surface area (Å²) in [7, 11) is -3.65. The van der Waals surface area contributed by atoms with Crippen LogP contribution < -0.4 is 10.0 Å². The minimum Gasteiger partial charge on any atom is -0.360 e. The van der Waals surface area contributed by atoms with E-state index < -0.39 is 21.5 Å². The molecule has 2 N–H and O–H groups in total. The number of thiophene rings is 1. The highest BCUT2D eigenvalue weighted by atomic mass is 32.2. The van der Waals surface area contributed by atoms with E-state index in [1.54, 1.807) is 33.8 Å². The van der Waals surface area contributed by atoms with Gasteiger partial charge in [-0.1, -0.05) is 5.16 Å². The van der Waals surface area contributed by atoms with Crippen molar-refractivity contribution in [2.75, 3.05) is 5.32 Å². The summed E-state index contributed by atoms with van der Waals surface area (Å²) in [5.41, 5.74) is -0.596. The van der Waals surface area contributed by atoms with Gasteiger partial charge >= 0.3 is 0 Å². The largest absolute Gasteiger partial charge is 0.360 e. The maximum Gasteiger partial charge on any atom is 0.267 e. The zero-order valence-electron chi connectivity index (χ0n) is 12.6. The first-order chi connectivity index (χ1) is 10.1. The zero-order chi connectivity index (χ0) is 16.5. The maximum absolute atomic E-state index is 12.2. The van der Waals surface area contributed by atoms with Crippen LogP contribution in [0.2, 0.25) is 0 Å². The Hall–Kier alpha value is -1.71. The fraction of sp³-hybridized carbons (Fsp3) is 0.385. The number of rotatable bonds is 4. The Bertz CT molecular complexity index is 784. The van der Waals surface area contributed by atoms with E-state index in [1.165, 1.54) is 11.4 Å². The molecule has 9 heteroatoms. The summed E-state index contributed by atoms with van der Waals surface area (Å²) in [5, 5.41) is 7.62. The van der Waals surface area contributed by atoms with Crippen molar-refractivity contribution < 1.29 is 17.7 Å². The predicted molar refractivity (Wildman–Crippen MR) is 83.6 cm³/mol. The maximum atomic E-state index is 12.2. The number of hydrogen-bond donors (Lipinski definition) is 2. The van der Waals surface area contributed by atoms with E-state index >= 15 is 0 Å². The van der Waals surface area contributed by atoms with Crippen molar-refractivity contribution in [1.29, 1.82) is 0 Å². The number of nitrogens with one attached hydrogen (secondary N) is 2. The number of hydrogen-bond acceptors (Lipinski definition) is 6. The van der Waals surface area contributed by atoms with Gasteiger partial charge in [-0.2, -0.15) is 0 Å². The Balaban J connectivity index is 2.15. The molecule has 0 aliphatic carbocycles.